The van der Waals surface area contributed by atoms with Crippen molar-refractivity contribution in [2.45, 2.75) is 62.8 Å². The number of aryl methyl sites for hydroxylation is 1. The van der Waals surface area contributed by atoms with Crippen LogP contribution < -0.4 is 15.4 Å². The fourth-order valence-corrected chi connectivity index (χ4v) is 4.43. The quantitative estimate of drug-likeness (QED) is 0.249. The average Bonchev–Trinajstić information content (AvgIpc) is 3.44. The number of aliphatic imine (C=N–C) groups is 1. The van der Waals surface area contributed by atoms with E-state index in [1.54, 1.807) is 37.0 Å². The van der Waals surface area contributed by atoms with Gasteiger partial charge in [-0.1, -0.05) is 36.7 Å². The Labute approximate surface area is 188 Å². The van der Waals surface area contributed by atoms with Crippen molar-refractivity contribution in [3.05, 3.63) is 35.9 Å². The number of para-hydroxylation sites is 1. The van der Waals surface area contributed by atoms with E-state index in [-0.39, 0.29) is 17.7 Å². The number of thioether (sulfide) groups is 1. The van der Waals surface area contributed by atoms with Gasteiger partial charge in [0.25, 0.3) is 0 Å². The van der Waals surface area contributed by atoms with Crippen LogP contribution in [0.2, 0.25) is 0 Å². The van der Waals surface area contributed by atoms with Crippen molar-refractivity contribution >= 4 is 17.7 Å². The molecule has 9 heteroatoms. The first kappa shape index (κ1) is 23.4. The topological polar surface area (TPSA) is 76.4 Å². The number of nitrogens with zero attached hydrogens (tertiary/aromatic N) is 4. The number of hydrogen-bond acceptors (Lipinski definition) is 5. The zero-order chi connectivity index (χ0) is 22.1. The Morgan fingerprint density at radius 2 is 2.06 bits per heavy atom. The second-order valence-corrected chi connectivity index (χ2v) is 8.53. The van der Waals surface area contributed by atoms with Crippen LogP contribution in [0.25, 0.3) is 0 Å². The van der Waals surface area contributed by atoms with Crippen LogP contribution in [0.1, 0.15) is 50.9 Å². The number of ether oxygens (including phenoxy) is 1. The maximum absolute atomic E-state index is 13.7. The van der Waals surface area contributed by atoms with Gasteiger partial charge in [0.2, 0.25) is 0 Å². The van der Waals surface area contributed by atoms with Gasteiger partial charge in [0, 0.05) is 26.1 Å². The zero-order valence-corrected chi connectivity index (χ0v) is 19.4. The van der Waals surface area contributed by atoms with Crippen LogP contribution in [0.5, 0.6) is 5.75 Å². The zero-order valence-electron chi connectivity index (χ0n) is 18.6. The van der Waals surface area contributed by atoms with Gasteiger partial charge in [-0.3, -0.25) is 4.99 Å². The predicted octanol–water partition coefficient (Wildman–Crippen LogP) is 3.82. The third-order valence-corrected chi connectivity index (χ3v) is 6.07. The summed E-state index contributed by atoms with van der Waals surface area (Å²) < 4.78 is 21.7. The Balaban J connectivity index is 1.41. The van der Waals surface area contributed by atoms with Crippen LogP contribution in [0.4, 0.5) is 4.39 Å². The lowest BCUT2D eigenvalue weighted by molar-refractivity contribution is 0.214. The van der Waals surface area contributed by atoms with Crippen molar-refractivity contribution in [3.8, 4) is 5.75 Å². The standard InChI is InChI=1S/C22H33FN6OS/c1-16(30-19-12-7-6-11-18(19)23)15-26-21(24-2)25-14-8-13-20-27-28-22(31-3)29(20)17-9-4-5-10-17/h6-7,11-12,16-17H,4-5,8-10,13-15H2,1-3H3,(H2,24,25,26). The molecule has 0 spiro atoms. The Morgan fingerprint density at radius 1 is 1.29 bits per heavy atom. The van der Waals surface area contributed by atoms with E-state index in [1.807, 2.05) is 6.92 Å². The first-order valence-electron chi connectivity index (χ1n) is 11.0. The van der Waals surface area contributed by atoms with Crippen molar-refractivity contribution in [1.29, 1.82) is 0 Å². The van der Waals surface area contributed by atoms with E-state index in [4.69, 9.17) is 4.74 Å². The molecule has 1 saturated carbocycles. The van der Waals surface area contributed by atoms with Crippen LogP contribution in [-0.4, -0.2) is 53.2 Å². The maximum atomic E-state index is 13.7. The lowest BCUT2D eigenvalue weighted by Crippen LogP contribution is -2.42. The number of aromatic nitrogens is 3. The van der Waals surface area contributed by atoms with E-state index < -0.39 is 0 Å². The second kappa shape index (κ2) is 11.9. The summed E-state index contributed by atoms with van der Waals surface area (Å²) in [6.45, 7) is 3.18. The second-order valence-electron chi connectivity index (χ2n) is 7.75. The van der Waals surface area contributed by atoms with Gasteiger partial charge < -0.3 is 19.9 Å². The molecule has 0 bridgehead atoms. The van der Waals surface area contributed by atoms with Crippen molar-refractivity contribution < 1.29 is 9.13 Å². The molecule has 2 N–H and O–H groups in total. The number of guanidine groups is 1. The summed E-state index contributed by atoms with van der Waals surface area (Å²) in [4.78, 5) is 4.26. The van der Waals surface area contributed by atoms with Crippen molar-refractivity contribution in [1.82, 2.24) is 25.4 Å². The minimum absolute atomic E-state index is 0.203. The molecule has 1 atom stereocenters. The first-order chi connectivity index (χ1) is 15.1. The Morgan fingerprint density at radius 3 is 2.77 bits per heavy atom. The van der Waals surface area contributed by atoms with E-state index in [9.17, 15) is 4.39 Å². The molecule has 0 amide bonds. The van der Waals surface area contributed by atoms with E-state index >= 15 is 0 Å². The Hall–Kier alpha value is -2.29. The molecule has 1 aliphatic carbocycles. The van der Waals surface area contributed by atoms with E-state index in [0.29, 0.717) is 18.5 Å². The van der Waals surface area contributed by atoms with Gasteiger partial charge in [0.1, 0.15) is 11.9 Å². The minimum atomic E-state index is -0.355. The minimum Gasteiger partial charge on any atom is -0.486 e. The number of nitrogens with one attached hydrogen (secondary N) is 2. The highest BCUT2D eigenvalue weighted by Gasteiger charge is 2.23. The molecule has 0 radical (unpaired) electrons. The third-order valence-electron chi connectivity index (χ3n) is 5.42. The maximum Gasteiger partial charge on any atom is 0.191 e. The van der Waals surface area contributed by atoms with Gasteiger partial charge in [-0.05, 0) is 44.6 Å². The largest absolute Gasteiger partial charge is 0.486 e. The molecule has 0 aliphatic heterocycles. The highest BCUT2D eigenvalue weighted by molar-refractivity contribution is 7.98. The molecule has 3 rings (SSSR count). The van der Waals surface area contributed by atoms with E-state index in [2.05, 4.69) is 36.6 Å². The molecule has 7 nitrogen and oxygen atoms in total. The summed E-state index contributed by atoms with van der Waals surface area (Å²) in [5, 5.41) is 16.4. The van der Waals surface area contributed by atoms with E-state index in [1.165, 1.54) is 31.7 Å². The van der Waals surface area contributed by atoms with Crippen LogP contribution >= 0.6 is 11.8 Å². The molecule has 1 fully saturated rings. The lowest BCUT2D eigenvalue weighted by atomic mass is 10.2. The summed E-state index contributed by atoms with van der Waals surface area (Å²) in [5.41, 5.74) is 0. The highest BCUT2D eigenvalue weighted by atomic mass is 32.2. The summed E-state index contributed by atoms with van der Waals surface area (Å²) in [6.07, 6.45) is 8.69. The molecule has 0 saturated heterocycles. The Kier molecular flexibility index (Phi) is 8.99. The molecule has 2 aromatic rings. The van der Waals surface area contributed by atoms with Gasteiger partial charge in [-0.2, -0.15) is 0 Å². The highest BCUT2D eigenvalue weighted by Crippen LogP contribution is 2.33. The van der Waals surface area contributed by atoms with Gasteiger partial charge in [0.15, 0.2) is 22.7 Å². The van der Waals surface area contributed by atoms with Crippen molar-refractivity contribution in [2.24, 2.45) is 4.99 Å². The van der Waals surface area contributed by atoms with Gasteiger partial charge in [-0.15, -0.1) is 10.2 Å². The molecular formula is C22H33FN6OS. The summed E-state index contributed by atoms with van der Waals surface area (Å²) in [6, 6.07) is 6.98. The molecule has 1 aromatic carbocycles. The molecule has 1 aliphatic rings. The van der Waals surface area contributed by atoms with E-state index in [0.717, 1.165) is 30.4 Å². The van der Waals surface area contributed by atoms with Gasteiger partial charge in [-0.25, -0.2) is 4.39 Å². The number of rotatable bonds is 10. The van der Waals surface area contributed by atoms with Crippen LogP contribution in [0.15, 0.2) is 34.4 Å². The fourth-order valence-electron chi connectivity index (χ4n) is 3.86. The molecular weight excluding hydrogens is 415 g/mol. The molecule has 1 heterocycles. The normalized spacial score (nSPS) is 15.8. The fraction of sp³-hybridized carbons (Fsp3) is 0.591. The molecule has 31 heavy (non-hydrogen) atoms. The smallest absolute Gasteiger partial charge is 0.191 e. The van der Waals surface area contributed by atoms with Crippen LogP contribution in [0, 0.1) is 5.82 Å². The predicted molar refractivity (Wildman–Crippen MR) is 123 cm³/mol. The average molecular weight is 449 g/mol. The summed E-state index contributed by atoms with van der Waals surface area (Å²) in [7, 11) is 1.74. The van der Waals surface area contributed by atoms with Crippen LogP contribution in [0.3, 0.4) is 0 Å². The Bertz CT molecular complexity index is 852. The van der Waals surface area contributed by atoms with Crippen LogP contribution in [-0.2, 0) is 6.42 Å². The molecule has 1 aromatic heterocycles. The number of hydrogen-bond donors (Lipinski definition) is 2. The SMILES string of the molecule is CN=C(NCCCc1nnc(SC)n1C1CCCC1)NCC(C)Oc1ccccc1F. The number of benzene rings is 1. The third kappa shape index (κ3) is 6.59. The number of halogens is 1. The summed E-state index contributed by atoms with van der Waals surface area (Å²) >= 11 is 1.67. The molecule has 1 unspecified atom stereocenters. The van der Waals surface area contributed by atoms with Crippen molar-refractivity contribution in [2.75, 3.05) is 26.4 Å². The van der Waals surface area contributed by atoms with Gasteiger partial charge in [0.05, 0.1) is 6.54 Å². The molecule has 170 valence electrons. The summed E-state index contributed by atoms with van der Waals surface area (Å²) in [5.74, 6) is 1.68. The first-order valence-corrected chi connectivity index (χ1v) is 12.2. The monoisotopic (exact) mass is 448 g/mol. The van der Waals surface area contributed by atoms with Crippen molar-refractivity contribution in [3.63, 3.8) is 0 Å². The lowest BCUT2D eigenvalue weighted by Gasteiger charge is -2.18. The van der Waals surface area contributed by atoms with Gasteiger partial charge >= 0.3 is 0 Å².